The molecule has 10 heavy (non-hydrogen) atoms. The fraction of sp³-hybridized carbons (Fsp3) is 0.500. The third kappa shape index (κ3) is 0.753. The van der Waals surface area contributed by atoms with Crippen molar-refractivity contribution < 1.29 is 4.39 Å². The summed E-state index contributed by atoms with van der Waals surface area (Å²) in [5.74, 6) is 0.130. The van der Waals surface area contributed by atoms with Crippen LogP contribution in [0.3, 0.4) is 0 Å². The van der Waals surface area contributed by atoms with Crippen LogP contribution in [0.5, 0.6) is 0 Å². The lowest BCUT2D eigenvalue weighted by atomic mass is 9.96. The quantitative estimate of drug-likeness (QED) is 0.534. The van der Waals surface area contributed by atoms with Crippen LogP contribution in [-0.4, -0.2) is 12.7 Å². The second kappa shape index (κ2) is 2.11. The van der Waals surface area contributed by atoms with Crippen molar-refractivity contribution in [3.05, 3.63) is 23.9 Å². The van der Waals surface area contributed by atoms with Crippen molar-refractivity contribution in [2.45, 2.75) is 12.6 Å². The summed E-state index contributed by atoms with van der Waals surface area (Å²) in [4.78, 5) is 0. The Morgan fingerprint density at radius 3 is 3.30 bits per heavy atom. The van der Waals surface area contributed by atoms with E-state index in [2.05, 4.69) is 5.32 Å². The highest BCUT2D eigenvalue weighted by Gasteiger charge is 2.30. The second-order valence-electron chi connectivity index (χ2n) is 2.79. The van der Waals surface area contributed by atoms with Crippen LogP contribution in [0.4, 0.5) is 4.39 Å². The van der Waals surface area contributed by atoms with Gasteiger partial charge in [0.15, 0.2) is 0 Å². The fourth-order valence-corrected chi connectivity index (χ4v) is 1.54. The summed E-state index contributed by atoms with van der Waals surface area (Å²) in [6.07, 6.45) is 6.16. The van der Waals surface area contributed by atoms with Gasteiger partial charge in [-0.3, -0.25) is 0 Å². The van der Waals surface area contributed by atoms with Crippen LogP contribution < -0.4 is 5.32 Å². The van der Waals surface area contributed by atoms with Gasteiger partial charge in [-0.25, -0.2) is 4.39 Å². The van der Waals surface area contributed by atoms with Crippen LogP contribution in [0.25, 0.3) is 0 Å². The lowest BCUT2D eigenvalue weighted by Gasteiger charge is -2.12. The first-order valence-corrected chi connectivity index (χ1v) is 3.62. The zero-order valence-electron chi connectivity index (χ0n) is 5.68. The third-order valence-electron chi connectivity index (χ3n) is 2.14. The molecule has 1 nitrogen and oxygen atoms in total. The first kappa shape index (κ1) is 5.96. The maximum absolute atomic E-state index is 12.9. The Bertz CT molecular complexity index is 195. The summed E-state index contributed by atoms with van der Waals surface area (Å²) in [5, 5.41) is 3.04. The van der Waals surface area contributed by atoms with Crippen LogP contribution >= 0.6 is 0 Å². The molecule has 2 rings (SSSR count). The van der Waals surface area contributed by atoms with E-state index in [-0.39, 0.29) is 5.92 Å². The van der Waals surface area contributed by atoms with E-state index in [4.69, 9.17) is 0 Å². The fourth-order valence-electron chi connectivity index (χ4n) is 1.54. The first-order chi connectivity index (χ1) is 4.88. The molecular weight excluding hydrogens is 129 g/mol. The lowest BCUT2D eigenvalue weighted by Crippen LogP contribution is -2.11. The van der Waals surface area contributed by atoms with Crippen LogP contribution in [0.2, 0.25) is 0 Å². The Morgan fingerprint density at radius 2 is 2.50 bits per heavy atom. The summed E-state index contributed by atoms with van der Waals surface area (Å²) in [6, 6.07) is 0. The average molecular weight is 139 g/mol. The van der Waals surface area contributed by atoms with Gasteiger partial charge in [0.2, 0.25) is 0 Å². The summed E-state index contributed by atoms with van der Waals surface area (Å²) in [7, 11) is 0. The molecule has 0 spiro atoms. The molecule has 1 fully saturated rings. The highest BCUT2D eigenvalue weighted by molar-refractivity contribution is 5.24. The molecule has 1 aliphatic heterocycles. The zero-order valence-corrected chi connectivity index (χ0v) is 5.68. The molecule has 0 aromatic heterocycles. The molecule has 0 saturated carbocycles. The van der Waals surface area contributed by atoms with E-state index in [9.17, 15) is 4.39 Å². The molecule has 2 heteroatoms. The molecule has 0 radical (unpaired) electrons. The number of alkyl halides is 1. The van der Waals surface area contributed by atoms with E-state index in [0.29, 0.717) is 6.54 Å². The summed E-state index contributed by atoms with van der Waals surface area (Å²) >= 11 is 0. The number of nitrogens with one attached hydrogen (secondary N) is 1. The van der Waals surface area contributed by atoms with Gasteiger partial charge in [0.25, 0.3) is 0 Å². The van der Waals surface area contributed by atoms with Crippen molar-refractivity contribution in [2.24, 2.45) is 5.92 Å². The predicted octanol–water partition coefficient (Wildman–Crippen LogP) is 1.39. The summed E-state index contributed by atoms with van der Waals surface area (Å²) in [5.41, 5.74) is 1.08. The maximum atomic E-state index is 12.9. The SMILES string of the molecule is FC1CNC2=CC=CCC21. The first-order valence-electron chi connectivity index (χ1n) is 3.62. The normalized spacial score (nSPS) is 36.7. The number of allylic oxidation sites excluding steroid dienone is 4. The lowest BCUT2D eigenvalue weighted by molar-refractivity contribution is 0.294. The number of hydrogen-bond donors (Lipinski definition) is 1. The molecule has 1 aliphatic carbocycles. The highest BCUT2D eigenvalue weighted by atomic mass is 19.1. The molecule has 1 saturated heterocycles. The van der Waals surface area contributed by atoms with Crippen molar-refractivity contribution in [3.8, 4) is 0 Å². The van der Waals surface area contributed by atoms with E-state index in [1.54, 1.807) is 0 Å². The Morgan fingerprint density at radius 1 is 1.60 bits per heavy atom. The van der Waals surface area contributed by atoms with Gasteiger partial charge in [0, 0.05) is 18.2 Å². The Hall–Kier alpha value is -0.790. The van der Waals surface area contributed by atoms with Crippen molar-refractivity contribution in [1.82, 2.24) is 5.32 Å². The molecule has 0 amide bonds. The standard InChI is InChI=1S/C8H10FN/c9-7-5-10-8-4-2-1-3-6(7)8/h1-2,4,6-7,10H,3,5H2. The van der Waals surface area contributed by atoms with Gasteiger partial charge in [-0.2, -0.15) is 0 Å². The van der Waals surface area contributed by atoms with Crippen molar-refractivity contribution >= 4 is 0 Å². The average Bonchev–Trinajstić information content (AvgIpc) is 2.34. The summed E-state index contributed by atoms with van der Waals surface area (Å²) in [6.45, 7) is 0.498. The van der Waals surface area contributed by atoms with Gasteiger partial charge in [-0.1, -0.05) is 12.2 Å². The van der Waals surface area contributed by atoms with Gasteiger partial charge in [-0.05, 0) is 12.5 Å². The minimum Gasteiger partial charge on any atom is -0.385 e. The molecule has 1 heterocycles. The van der Waals surface area contributed by atoms with Crippen LogP contribution in [0.1, 0.15) is 6.42 Å². The predicted molar refractivity (Wildman–Crippen MR) is 38.2 cm³/mol. The van der Waals surface area contributed by atoms with Gasteiger partial charge >= 0.3 is 0 Å². The van der Waals surface area contributed by atoms with E-state index < -0.39 is 6.17 Å². The molecular formula is C8H10FN. The molecule has 0 aromatic carbocycles. The molecule has 54 valence electrons. The van der Waals surface area contributed by atoms with E-state index in [1.807, 2.05) is 18.2 Å². The minimum atomic E-state index is -0.670. The summed E-state index contributed by atoms with van der Waals surface area (Å²) < 4.78 is 12.9. The van der Waals surface area contributed by atoms with Gasteiger partial charge in [-0.15, -0.1) is 0 Å². The molecule has 0 aromatic rings. The van der Waals surface area contributed by atoms with Gasteiger partial charge in [0.05, 0.1) is 0 Å². The van der Waals surface area contributed by atoms with Gasteiger partial charge < -0.3 is 5.32 Å². The molecule has 2 unspecified atom stereocenters. The van der Waals surface area contributed by atoms with Crippen LogP contribution in [0.15, 0.2) is 23.9 Å². The van der Waals surface area contributed by atoms with Crippen molar-refractivity contribution in [2.75, 3.05) is 6.54 Å². The smallest absolute Gasteiger partial charge is 0.126 e. The van der Waals surface area contributed by atoms with Crippen LogP contribution in [-0.2, 0) is 0 Å². The third-order valence-corrected chi connectivity index (χ3v) is 2.14. The number of halogens is 1. The minimum absolute atomic E-state index is 0.130. The molecule has 1 N–H and O–H groups in total. The Kier molecular flexibility index (Phi) is 1.26. The number of hydrogen-bond acceptors (Lipinski definition) is 1. The largest absolute Gasteiger partial charge is 0.385 e. The second-order valence-corrected chi connectivity index (χ2v) is 2.79. The van der Waals surface area contributed by atoms with Gasteiger partial charge in [0.1, 0.15) is 6.17 Å². The molecule has 2 atom stereocenters. The maximum Gasteiger partial charge on any atom is 0.126 e. The van der Waals surface area contributed by atoms with Crippen molar-refractivity contribution in [3.63, 3.8) is 0 Å². The number of fused-ring (bicyclic) bond motifs is 1. The van der Waals surface area contributed by atoms with E-state index >= 15 is 0 Å². The van der Waals surface area contributed by atoms with Crippen molar-refractivity contribution in [1.29, 1.82) is 0 Å². The number of rotatable bonds is 0. The van der Waals surface area contributed by atoms with E-state index in [1.165, 1.54) is 0 Å². The topological polar surface area (TPSA) is 12.0 Å². The zero-order chi connectivity index (χ0) is 6.97. The van der Waals surface area contributed by atoms with Crippen LogP contribution in [0, 0.1) is 5.92 Å². The Balaban J connectivity index is 2.23. The monoisotopic (exact) mass is 139 g/mol. The van der Waals surface area contributed by atoms with E-state index in [0.717, 1.165) is 12.1 Å². The highest BCUT2D eigenvalue weighted by Crippen LogP contribution is 2.28. The molecule has 2 aliphatic rings. The molecule has 0 bridgehead atoms. The Labute approximate surface area is 59.6 Å².